The zero-order valence-electron chi connectivity index (χ0n) is 8.94. The molecule has 0 aliphatic carbocycles. The standard InChI is InChI=1S/C14H13BrN/c1-2-9-16-10-7-13(8-11-16)12-3-5-14(15)6-4-12/h2-8,10-11H,1,9H2/q+1. The van der Waals surface area contributed by atoms with Crippen LogP contribution < -0.4 is 4.57 Å². The van der Waals surface area contributed by atoms with Crippen molar-refractivity contribution in [1.29, 1.82) is 0 Å². The summed E-state index contributed by atoms with van der Waals surface area (Å²) in [6, 6.07) is 12.6. The molecule has 1 heterocycles. The Hall–Kier alpha value is -1.41. The van der Waals surface area contributed by atoms with E-state index in [1.165, 1.54) is 11.1 Å². The molecule has 1 aromatic carbocycles. The topological polar surface area (TPSA) is 3.88 Å². The summed E-state index contributed by atoms with van der Waals surface area (Å²) in [7, 11) is 0. The van der Waals surface area contributed by atoms with Crippen LogP contribution in [0.3, 0.4) is 0 Å². The maximum Gasteiger partial charge on any atom is 0.169 e. The van der Waals surface area contributed by atoms with Crippen LogP contribution in [0.5, 0.6) is 0 Å². The first-order valence-corrected chi connectivity index (χ1v) is 5.95. The molecule has 0 amide bonds. The van der Waals surface area contributed by atoms with Gasteiger partial charge in [0, 0.05) is 16.6 Å². The molecule has 0 unspecified atom stereocenters. The van der Waals surface area contributed by atoms with E-state index in [2.05, 4.69) is 75.9 Å². The van der Waals surface area contributed by atoms with Crippen molar-refractivity contribution in [2.24, 2.45) is 0 Å². The van der Waals surface area contributed by atoms with Gasteiger partial charge in [0.25, 0.3) is 0 Å². The summed E-state index contributed by atoms with van der Waals surface area (Å²) >= 11 is 3.43. The minimum Gasteiger partial charge on any atom is -0.201 e. The fourth-order valence-corrected chi connectivity index (χ4v) is 1.83. The number of aromatic nitrogens is 1. The Morgan fingerprint density at radius 3 is 2.12 bits per heavy atom. The quantitative estimate of drug-likeness (QED) is 0.595. The van der Waals surface area contributed by atoms with Crippen LogP contribution in [0.1, 0.15) is 0 Å². The number of nitrogens with zero attached hydrogens (tertiary/aromatic N) is 1. The van der Waals surface area contributed by atoms with E-state index in [9.17, 15) is 0 Å². The highest BCUT2D eigenvalue weighted by Crippen LogP contribution is 2.20. The number of benzene rings is 1. The second-order valence-electron chi connectivity index (χ2n) is 3.58. The number of pyridine rings is 1. The molecule has 16 heavy (non-hydrogen) atoms. The molecule has 0 aliphatic heterocycles. The number of hydrogen-bond acceptors (Lipinski definition) is 0. The van der Waals surface area contributed by atoms with Gasteiger partial charge >= 0.3 is 0 Å². The highest BCUT2D eigenvalue weighted by atomic mass is 79.9. The van der Waals surface area contributed by atoms with E-state index in [1.807, 2.05) is 6.08 Å². The van der Waals surface area contributed by atoms with Crippen LogP contribution in [0.2, 0.25) is 0 Å². The van der Waals surface area contributed by atoms with E-state index in [0.717, 1.165) is 11.0 Å². The van der Waals surface area contributed by atoms with Crippen molar-refractivity contribution in [3.63, 3.8) is 0 Å². The average molecular weight is 275 g/mol. The van der Waals surface area contributed by atoms with Crippen molar-refractivity contribution in [3.8, 4) is 11.1 Å². The lowest BCUT2D eigenvalue weighted by molar-refractivity contribution is -0.686. The second-order valence-corrected chi connectivity index (χ2v) is 4.49. The highest BCUT2D eigenvalue weighted by molar-refractivity contribution is 9.10. The van der Waals surface area contributed by atoms with Crippen molar-refractivity contribution < 1.29 is 4.57 Å². The number of hydrogen-bond donors (Lipinski definition) is 0. The summed E-state index contributed by atoms with van der Waals surface area (Å²) in [5.74, 6) is 0. The van der Waals surface area contributed by atoms with E-state index in [-0.39, 0.29) is 0 Å². The number of rotatable bonds is 3. The van der Waals surface area contributed by atoms with Crippen LogP contribution in [0.25, 0.3) is 11.1 Å². The van der Waals surface area contributed by atoms with Gasteiger partial charge in [-0.1, -0.05) is 34.6 Å². The third kappa shape index (κ3) is 2.58. The smallest absolute Gasteiger partial charge is 0.169 e. The summed E-state index contributed by atoms with van der Waals surface area (Å²) in [6.07, 6.45) is 6.03. The average Bonchev–Trinajstić information content (AvgIpc) is 2.32. The Morgan fingerprint density at radius 1 is 1.00 bits per heavy atom. The van der Waals surface area contributed by atoms with Crippen molar-refractivity contribution >= 4 is 15.9 Å². The maximum atomic E-state index is 3.72. The predicted octanol–water partition coefficient (Wildman–Crippen LogP) is 3.59. The molecule has 80 valence electrons. The molecule has 0 bridgehead atoms. The van der Waals surface area contributed by atoms with Gasteiger partial charge in [0.05, 0.1) is 0 Å². The van der Waals surface area contributed by atoms with Crippen LogP contribution in [-0.2, 0) is 6.54 Å². The van der Waals surface area contributed by atoms with E-state index < -0.39 is 0 Å². The lowest BCUT2D eigenvalue weighted by Gasteiger charge is -2.00. The molecular formula is C14H13BrN+. The number of halogens is 1. The van der Waals surface area contributed by atoms with E-state index in [1.54, 1.807) is 0 Å². The van der Waals surface area contributed by atoms with Crippen LogP contribution in [-0.4, -0.2) is 0 Å². The van der Waals surface area contributed by atoms with E-state index in [4.69, 9.17) is 0 Å². The van der Waals surface area contributed by atoms with Gasteiger partial charge in [-0.25, -0.2) is 4.57 Å². The van der Waals surface area contributed by atoms with Gasteiger partial charge in [-0.2, -0.15) is 0 Å². The highest BCUT2D eigenvalue weighted by Gasteiger charge is 2.00. The van der Waals surface area contributed by atoms with Gasteiger partial charge in [-0.15, -0.1) is 0 Å². The van der Waals surface area contributed by atoms with Crippen molar-refractivity contribution in [2.45, 2.75) is 6.54 Å². The van der Waals surface area contributed by atoms with Gasteiger partial charge < -0.3 is 0 Å². The molecule has 1 aromatic heterocycles. The predicted molar refractivity (Wildman–Crippen MR) is 70.0 cm³/mol. The van der Waals surface area contributed by atoms with Gasteiger partial charge in [0.1, 0.15) is 0 Å². The Bertz CT molecular complexity index is 471. The summed E-state index contributed by atoms with van der Waals surface area (Å²) in [5, 5.41) is 0. The SMILES string of the molecule is C=CC[n+]1ccc(-c2ccc(Br)cc2)cc1. The molecule has 0 fully saturated rings. The Balaban J connectivity index is 2.27. The molecule has 0 atom stereocenters. The van der Waals surface area contributed by atoms with Gasteiger partial charge in [-0.05, 0) is 29.3 Å². The molecule has 0 radical (unpaired) electrons. The fourth-order valence-electron chi connectivity index (χ4n) is 1.56. The van der Waals surface area contributed by atoms with Crippen LogP contribution in [0.15, 0.2) is 65.9 Å². The third-order valence-electron chi connectivity index (χ3n) is 2.41. The summed E-state index contributed by atoms with van der Waals surface area (Å²) in [5.41, 5.74) is 2.46. The van der Waals surface area contributed by atoms with Crippen LogP contribution >= 0.6 is 15.9 Å². The van der Waals surface area contributed by atoms with Crippen LogP contribution in [0.4, 0.5) is 0 Å². The monoisotopic (exact) mass is 274 g/mol. The van der Waals surface area contributed by atoms with Gasteiger partial charge in [-0.3, -0.25) is 0 Å². The lowest BCUT2D eigenvalue weighted by Crippen LogP contribution is -2.31. The summed E-state index contributed by atoms with van der Waals surface area (Å²) in [4.78, 5) is 0. The Kier molecular flexibility index (Phi) is 3.52. The molecule has 2 rings (SSSR count). The van der Waals surface area contributed by atoms with Crippen LogP contribution in [0, 0.1) is 0 Å². The second kappa shape index (κ2) is 5.08. The molecular weight excluding hydrogens is 262 g/mol. The van der Waals surface area contributed by atoms with Crippen molar-refractivity contribution in [3.05, 3.63) is 65.9 Å². The zero-order valence-corrected chi connectivity index (χ0v) is 10.5. The number of allylic oxidation sites excluding steroid dienone is 1. The molecule has 0 aliphatic rings. The normalized spacial score (nSPS) is 10.1. The largest absolute Gasteiger partial charge is 0.201 e. The molecule has 1 nitrogen and oxygen atoms in total. The molecule has 0 saturated carbocycles. The van der Waals surface area contributed by atoms with E-state index in [0.29, 0.717) is 0 Å². The fraction of sp³-hybridized carbons (Fsp3) is 0.0714. The Labute approximate surface area is 104 Å². The van der Waals surface area contributed by atoms with Gasteiger partial charge in [0.15, 0.2) is 18.9 Å². The Morgan fingerprint density at radius 2 is 1.56 bits per heavy atom. The minimum absolute atomic E-state index is 0.848. The van der Waals surface area contributed by atoms with E-state index >= 15 is 0 Å². The minimum atomic E-state index is 0.848. The zero-order chi connectivity index (χ0) is 11.4. The maximum absolute atomic E-state index is 3.72. The first kappa shape index (κ1) is 11.1. The third-order valence-corrected chi connectivity index (χ3v) is 2.94. The summed E-state index contributed by atoms with van der Waals surface area (Å²) < 4.78 is 3.20. The lowest BCUT2D eigenvalue weighted by atomic mass is 10.1. The van der Waals surface area contributed by atoms with Crippen molar-refractivity contribution in [1.82, 2.24) is 0 Å². The molecule has 0 spiro atoms. The molecule has 0 saturated heterocycles. The van der Waals surface area contributed by atoms with Gasteiger partial charge in [0.2, 0.25) is 0 Å². The molecule has 2 heteroatoms. The summed E-state index contributed by atoms with van der Waals surface area (Å²) in [6.45, 7) is 4.57. The van der Waals surface area contributed by atoms with Crippen molar-refractivity contribution in [2.75, 3.05) is 0 Å². The first-order valence-electron chi connectivity index (χ1n) is 5.15. The first-order chi connectivity index (χ1) is 7.79. The molecule has 2 aromatic rings. The molecule has 0 N–H and O–H groups in total.